The van der Waals surface area contributed by atoms with Crippen molar-refractivity contribution in [1.82, 2.24) is 5.32 Å². The van der Waals surface area contributed by atoms with Gasteiger partial charge in [0.1, 0.15) is 0 Å². The molecular weight excluding hydrogens is 302 g/mol. The summed E-state index contributed by atoms with van der Waals surface area (Å²) in [4.78, 5) is 12.5. The highest BCUT2D eigenvalue weighted by Gasteiger charge is 2.27. The first-order chi connectivity index (χ1) is 11.6. The van der Waals surface area contributed by atoms with Crippen LogP contribution in [0.25, 0.3) is 0 Å². The average Bonchev–Trinajstić information content (AvgIpc) is 3.09. The fourth-order valence-electron chi connectivity index (χ4n) is 3.36. The van der Waals surface area contributed by atoms with Gasteiger partial charge in [0.15, 0.2) is 11.5 Å². The standard InChI is InChI=1S/C20H31NO3/c1-5-23-17-12-11-16(13-18(17)24-6-2)19(14(3)4)21-20(22)15-9-7-8-10-15/h11-15,19H,5-10H2,1-4H3,(H,21,22). The number of nitrogens with one attached hydrogen (secondary N) is 1. The van der Waals surface area contributed by atoms with Crippen molar-refractivity contribution in [2.75, 3.05) is 13.2 Å². The second kappa shape index (κ2) is 8.95. The van der Waals surface area contributed by atoms with Crippen molar-refractivity contribution >= 4 is 5.91 Å². The van der Waals surface area contributed by atoms with Crippen molar-refractivity contribution in [2.45, 2.75) is 59.4 Å². The lowest BCUT2D eigenvalue weighted by Crippen LogP contribution is -2.35. The van der Waals surface area contributed by atoms with Crippen molar-refractivity contribution in [3.63, 3.8) is 0 Å². The maximum atomic E-state index is 12.5. The summed E-state index contributed by atoms with van der Waals surface area (Å²) in [7, 11) is 0. The third kappa shape index (κ3) is 4.65. The fraction of sp³-hybridized carbons (Fsp3) is 0.650. The van der Waals surface area contributed by atoms with Crippen LogP contribution in [0.2, 0.25) is 0 Å². The number of carbonyl (C=O) groups is 1. The molecule has 0 radical (unpaired) electrons. The smallest absolute Gasteiger partial charge is 0.223 e. The number of hydrogen-bond acceptors (Lipinski definition) is 3. The number of carbonyl (C=O) groups excluding carboxylic acids is 1. The van der Waals surface area contributed by atoms with Crippen LogP contribution in [-0.2, 0) is 4.79 Å². The summed E-state index contributed by atoms with van der Waals surface area (Å²) in [6.07, 6.45) is 4.37. The molecule has 1 atom stereocenters. The Bertz CT molecular complexity index is 536. The highest BCUT2D eigenvalue weighted by Crippen LogP contribution is 2.33. The monoisotopic (exact) mass is 333 g/mol. The second-order valence-electron chi connectivity index (χ2n) is 6.78. The molecule has 134 valence electrons. The van der Waals surface area contributed by atoms with Crippen LogP contribution in [0, 0.1) is 11.8 Å². The molecular formula is C20H31NO3. The molecule has 1 amide bonds. The zero-order valence-electron chi connectivity index (χ0n) is 15.4. The summed E-state index contributed by atoms with van der Waals surface area (Å²) in [5.74, 6) is 2.19. The minimum atomic E-state index is -0.00650. The van der Waals surface area contributed by atoms with Gasteiger partial charge in [0, 0.05) is 5.92 Å². The zero-order valence-corrected chi connectivity index (χ0v) is 15.4. The van der Waals surface area contributed by atoms with Crippen LogP contribution in [0.3, 0.4) is 0 Å². The molecule has 4 nitrogen and oxygen atoms in total. The Morgan fingerprint density at radius 1 is 1.12 bits per heavy atom. The van der Waals surface area contributed by atoms with Crippen LogP contribution in [0.5, 0.6) is 11.5 Å². The molecule has 24 heavy (non-hydrogen) atoms. The molecule has 1 aromatic carbocycles. The minimum absolute atomic E-state index is 0.00650. The quantitative estimate of drug-likeness (QED) is 0.762. The summed E-state index contributed by atoms with van der Waals surface area (Å²) in [6.45, 7) is 9.38. The van der Waals surface area contributed by atoms with Gasteiger partial charge in [-0.2, -0.15) is 0 Å². The summed E-state index contributed by atoms with van der Waals surface area (Å²) < 4.78 is 11.4. The molecule has 1 saturated carbocycles. The van der Waals surface area contributed by atoms with Crippen molar-refractivity contribution in [3.05, 3.63) is 23.8 Å². The van der Waals surface area contributed by atoms with Gasteiger partial charge in [0.2, 0.25) is 5.91 Å². The topological polar surface area (TPSA) is 47.6 Å². The average molecular weight is 333 g/mol. The van der Waals surface area contributed by atoms with Crippen LogP contribution in [-0.4, -0.2) is 19.1 Å². The lowest BCUT2D eigenvalue weighted by molar-refractivity contribution is -0.125. The molecule has 1 aliphatic rings. The Kier molecular flexibility index (Phi) is 6.95. The summed E-state index contributed by atoms with van der Waals surface area (Å²) >= 11 is 0. The Balaban J connectivity index is 2.19. The SMILES string of the molecule is CCOc1ccc(C(NC(=O)C2CCCC2)C(C)C)cc1OCC. The Labute approximate surface area is 145 Å². The summed E-state index contributed by atoms with van der Waals surface area (Å²) in [6, 6.07) is 5.98. The van der Waals surface area contributed by atoms with E-state index in [4.69, 9.17) is 9.47 Å². The van der Waals surface area contributed by atoms with Gasteiger partial charge in [-0.1, -0.05) is 32.8 Å². The zero-order chi connectivity index (χ0) is 17.5. The molecule has 0 aromatic heterocycles. The van der Waals surface area contributed by atoms with Crippen LogP contribution < -0.4 is 14.8 Å². The van der Waals surface area contributed by atoms with Crippen LogP contribution in [0.15, 0.2) is 18.2 Å². The number of amides is 1. The van der Waals surface area contributed by atoms with Crippen LogP contribution >= 0.6 is 0 Å². The Hall–Kier alpha value is -1.71. The van der Waals surface area contributed by atoms with Crippen molar-refractivity contribution in [3.8, 4) is 11.5 Å². The molecule has 1 N–H and O–H groups in total. The molecule has 0 saturated heterocycles. The van der Waals surface area contributed by atoms with E-state index in [1.165, 1.54) is 12.8 Å². The first kappa shape index (κ1) is 18.6. The predicted molar refractivity (Wildman–Crippen MR) is 96.5 cm³/mol. The molecule has 0 heterocycles. The van der Waals surface area contributed by atoms with E-state index in [0.717, 1.165) is 29.9 Å². The van der Waals surface area contributed by atoms with E-state index in [9.17, 15) is 4.79 Å². The first-order valence-electron chi connectivity index (χ1n) is 9.26. The van der Waals surface area contributed by atoms with E-state index in [1.807, 2.05) is 32.0 Å². The van der Waals surface area contributed by atoms with Gasteiger partial charge in [-0.25, -0.2) is 0 Å². The van der Waals surface area contributed by atoms with E-state index < -0.39 is 0 Å². The van der Waals surface area contributed by atoms with Gasteiger partial charge in [-0.3, -0.25) is 4.79 Å². The lowest BCUT2D eigenvalue weighted by atomic mass is 9.94. The van der Waals surface area contributed by atoms with Gasteiger partial charge < -0.3 is 14.8 Å². The highest BCUT2D eigenvalue weighted by molar-refractivity contribution is 5.79. The van der Waals surface area contributed by atoms with Gasteiger partial charge in [-0.05, 0) is 50.3 Å². The third-order valence-electron chi connectivity index (χ3n) is 4.62. The number of benzene rings is 1. The normalized spacial score (nSPS) is 16.2. The maximum absolute atomic E-state index is 12.5. The second-order valence-corrected chi connectivity index (χ2v) is 6.78. The largest absolute Gasteiger partial charge is 0.490 e. The molecule has 2 rings (SSSR count). The Morgan fingerprint density at radius 3 is 2.33 bits per heavy atom. The van der Waals surface area contributed by atoms with E-state index in [1.54, 1.807) is 0 Å². The van der Waals surface area contributed by atoms with Gasteiger partial charge in [0.05, 0.1) is 19.3 Å². The molecule has 1 fully saturated rings. The molecule has 0 aliphatic heterocycles. The highest BCUT2D eigenvalue weighted by atomic mass is 16.5. The van der Waals surface area contributed by atoms with Gasteiger partial charge in [-0.15, -0.1) is 0 Å². The van der Waals surface area contributed by atoms with Crippen molar-refractivity contribution in [2.24, 2.45) is 11.8 Å². The Morgan fingerprint density at radius 2 is 1.75 bits per heavy atom. The first-order valence-corrected chi connectivity index (χ1v) is 9.26. The van der Waals surface area contributed by atoms with Gasteiger partial charge in [0.25, 0.3) is 0 Å². The van der Waals surface area contributed by atoms with E-state index in [0.29, 0.717) is 19.1 Å². The molecule has 1 unspecified atom stereocenters. The maximum Gasteiger partial charge on any atom is 0.223 e. The predicted octanol–water partition coefficient (Wildman–Crippen LogP) is 4.49. The third-order valence-corrected chi connectivity index (χ3v) is 4.62. The molecule has 1 aliphatic carbocycles. The van der Waals surface area contributed by atoms with E-state index >= 15 is 0 Å². The van der Waals surface area contributed by atoms with Crippen molar-refractivity contribution in [1.29, 1.82) is 0 Å². The number of hydrogen-bond donors (Lipinski definition) is 1. The fourth-order valence-corrected chi connectivity index (χ4v) is 3.36. The molecule has 4 heteroatoms. The summed E-state index contributed by atoms with van der Waals surface area (Å²) in [5, 5.41) is 3.26. The van der Waals surface area contributed by atoms with Gasteiger partial charge >= 0.3 is 0 Å². The molecule has 0 spiro atoms. The van der Waals surface area contributed by atoms with Crippen molar-refractivity contribution < 1.29 is 14.3 Å². The van der Waals surface area contributed by atoms with Crippen LogP contribution in [0.4, 0.5) is 0 Å². The van der Waals surface area contributed by atoms with Crippen LogP contribution in [0.1, 0.15) is 65.0 Å². The minimum Gasteiger partial charge on any atom is -0.490 e. The molecule has 0 bridgehead atoms. The van der Waals surface area contributed by atoms with E-state index in [-0.39, 0.29) is 17.9 Å². The molecule has 1 aromatic rings. The number of ether oxygens (including phenoxy) is 2. The lowest BCUT2D eigenvalue weighted by Gasteiger charge is -2.25. The number of rotatable bonds is 8. The summed E-state index contributed by atoms with van der Waals surface area (Å²) in [5.41, 5.74) is 1.07. The van der Waals surface area contributed by atoms with E-state index in [2.05, 4.69) is 19.2 Å².